The summed E-state index contributed by atoms with van der Waals surface area (Å²) >= 11 is 0. The topological polar surface area (TPSA) is 75.6 Å². The summed E-state index contributed by atoms with van der Waals surface area (Å²) < 4.78 is 5.78. The van der Waals surface area contributed by atoms with Gasteiger partial charge in [0.2, 0.25) is 5.91 Å². The zero-order valence-corrected chi connectivity index (χ0v) is 17.9. The van der Waals surface area contributed by atoms with E-state index >= 15 is 0 Å². The quantitative estimate of drug-likeness (QED) is 0.786. The fourth-order valence-corrected chi connectivity index (χ4v) is 5.74. The number of aliphatic hydroxyl groups is 1. The van der Waals surface area contributed by atoms with E-state index in [0.29, 0.717) is 31.2 Å². The molecule has 29 heavy (non-hydrogen) atoms. The largest absolute Gasteiger partial charge is 0.460 e. The number of amides is 1. The van der Waals surface area contributed by atoms with Crippen LogP contribution in [0.3, 0.4) is 0 Å². The predicted molar refractivity (Wildman–Crippen MR) is 111 cm³/mol. The minimum absolute atomic E-state index is 0.140. The molecule has 1 aromatic rings. The van der Waals surface area contributed by atoms with Crippen molar-refractivity contribution in [1.82, 2.24) is 14.9 Å². The minimum Gasteiger partial charge on any atom is -0.460 e. The van der Waals surface area contributed by atoms with Crippen molar-refractivity contribution in [3.05, 3.63) is 17.5 Å². The van der Waals surface area contributed by atoms with Crippen molar-refractivity contribution in [2.24, 2.45) is 5.92 Å². The van der Waals surface area contributed by atoms with Crippen LogP contribution in [0.4, 0.5) is 0 Å². The number of aryl methyl sites for hydroxylation is 2. The van der Waals surface area contributed by atoms with Crippen molar-refractivity contribution in [1.29, 1.82) is 0 Å². The van der Waals surface area contributed by atoms with Crippen LogP contribution in [0.15, 0.2) is 6.07 Å². The van der Waals surface area contributed by atoms with Gasteiger partial charge in [-0.1, -0.05) is 32.1 Å². The lowest BCUT2D eigenvalue weighted by molar-refractivity contribution is -0.143. The van der Waals surface area contributed by atoms with Crippen molar-refractivity contribution in [3.8, 4) is 6.01 Å². The van der Waals surface area contributed by atoms with E-state index in [0.717, 1.165) is 36.6 Å². The summed E-state index contributed by atoms with van der Waals surface area (Å²) in [5.41, 5.74) is 0.809. The van der Waals surface area contributed by atoms with Crippen LogP contribution in [-0.2, 0) is 4.79 Å². The molecule has 2 aliphatic heterocycles. The summed E-state index contributed by atoms with van der Waals surface area (Å²) in [6, 6.07) is 2.51. The van der Waals surface area contributed by atoms with Crippen molar-refractivity contribution < 1.29 is 14.6 Å². The second kappa shape index (κ2) is 8.58. The molecule has 3 fully saturated rings. The lowest BCUT2D eigenvalue weighted by Crippen LogP contribution is -2.55. The van der Waals surface area contributed by atoms with Crippen molar-refractivity contribution in [2.75, 3.05) is 6.61 Å². The first-order valence-electron chi connectivity index (χ1n) is 11.4. The summed E-state index contributed by atoms with van der Waals surface area (Å²) in [6.07, 6.45) is 11.4. The number of hydrogen-bond acceptors (Lipinski definition) is 5. The second-order valence-electron chi connectivity index (χ2n) is 9.58. The van der Waals surface area contributed by atoms with Crippen LogP contribution < -0.4 is 4.74 Å². The highest BCUT2D eigenvalue weighted by molar-refractivity contribution is 5.77. The Morgan fingerprint density at radius 3 is 2.34 bits per heavy atom. The van der Waals surface area contributed by atoms with Gasteiger partial charge in [-0.15, -0.1) is 0 Å². The number of ether oxygens (including phenoxy) is 1. The molecule has 6 nitrogen and oxygen atoms in total. The Morgan fingerprint density at radius 2 is 1.72 bits per heavy atom. The van der Waals surface area contributed by atoms with Gasteiger partial charge in [0.25, 0.3) is 0 Å². The predicted octanol–water partition coefficient (Wildman–Crippen LogP) is 3.72. The van der Waals surface area contributed by atoms with Crippen molar-refractivity contribution in [3.63, 3.8) is 0 Å². The Balaban J connectivity index is 1.32. The number of rotatable bonds is 6. The van der Waals surface area contributed by atoms with E-state index in [9.17, 15) is 9.90 Å². The fourth-order valence-electron chi connectivity index (χ4n) is 5.74. The van der Waals surface area contributed by atoms with Crippen LogP contribution in [0.1, 0.15) is 82.0 Å². The number of aromatic nitrogens is 2. The summed E-state index contributed by atoms with van der Waals surface area (Å²) in [5, 5.41) is 11.2. The monoisotopic (exact) mass is 401 g/mol. The Labute approximate surface area is 174 Å². The molecule has 1 amide bonds. The smallest absolute Gasteiger partial charge is 0.316 e. The third-order valence-corrected chi connectivity index (χ3v) is 7.06. The molecule has 1 aromatic heterocycles. The van der Waals surface area contributed by atoms with Crippen LogP contribution in [0.25, 0.3) is 0 Å². The van der Waals surface area contributed by atoms with E-state index in [4.69, 9.17) is 4.74 Å². The molecule has 0 spiro atoms. The number of fused-ring (bicyclic) bond motifs is 2. The average molecular weight is 402 g/mol. The second-order valence-corrected chi connectivity index (χ2v) is 9.58. The number of piperidine rings is 1. The summed E-state index contributed by atoms with van der Waals surface area (Å²) in [7, 11) is 0. The highest BCUT2D eigenvalue weighted by Crippen LogP contribution is 2.41. The number of hydrogen-bond donors (Lipinski definition) is 1. The van der Waals surface area contributed by atoms with Gasteiger partial charge in [-0.25, -0.2) is 9.97 Å². The van der Waals surface area contributed by atoms with Crippen LogP contribution in [0, 0.1) is 19.8 Å². The SMILES string of the molecule is Cc1cc(C)nc(OCC2(O)CC3CCC(C2)N3C(=O)CCC2CCCCC2)n1. The molecule has 3 heterocycles. The molecular formula is C23H35N3O3. The fraction of sp³-hybridized carbons (Fsp3) is 0.783. The molecule has 160 valence electrons. The molecule has 0 radical (unpaired) electrons. The number of carbonyl (C=O) groups is 1. The first-order chi connectivity index (χ1) is 13.9. The molecule has 2 atom stereocenters. The maximum absolute atomic E-state index is 13.0. The molecule has 6 heteroatoms. The minimum atomic E-state index is -0.910. The van der Waals surface area contributed by atoms with Crippen LogP contribution in [0.5, 0.6) is 6.01 Å². The van der Waals surface area contributed by atoms with Gasteiger partial charge in [-0.3, -0.25) is 4.79 Å². The molecule has 2 unspecified atom stereocenters. The van der Waals surface area contributed by atoms with E-state index in [1.54, 1.807) is 0 Å². The van der Waals surface area contributed by atoms with Gasteiger partial charge in [0.1, 0.15) is 12.2 Å². The molecule has 1 saturated carbocycles. The third kappa shape index (κ3) is 4.90. The zero-order valence-electron chi connectivity index (χ0n) is 17.9. The lowest BCUT2D eigenvalue weighted by atomic mass is 9.84. The Morgan fingerprint density at radius 1 is 1.10 bits per heavy atom. The number of nitrogens with zero attached hydrogens (tertiary/aromatic N) is 3. The standard InChI is InChI=1S/C23H35N3O3/c1-16-12-17(2)25-22(24-16)29-15-23(28)13-19-9-10-20(14-23)26(19)21(27)11-8-18-6-4-3-5-7-18/h12,18-20,28H,3-11,13-15H2,1-2H3. The Kier molecular flexibility index (Phi) is 6.09. The Bertz CT molecular complexity index is 698. The lowest BCUT2D eigenvalue weighted by Gasteiger charge is -2.43. The van der Waals surface area contributed by atoms with Crippen LogP contribution >= 0.6 is 0 Å². The molecule has 1 N–H and O–H groups in total. The van der Waals surface area contributed by atoms with E-state index in [1.807, 2.05) is 19.9 Å². The zero-order chi connectivity index (χ0) is 20.4. The first kappa shape index (κ1) is 20.6. The van der Waals surface area contributed by atoms with Gasteiger partial charge in [0, 0.05) is 29.9 Å². The summed E-state index contributed by atoms with van der Waals surface area (Å²) in [5.74, 6) is 1.03. The van der Waals surface area contributed by atoms with E-state index in [1.165, 1.54) is 32.1 Å². The Hall–Kier alpha value is -1.69. The van der Waals surface area contributed by atoms with Gasteiger partial charge in [-0.05, 0) is 57.9 Å². The molecule has 3 aliphatic rings. The number of carbonyl (C=O) groups excluding carboxylic acids is 1. The first-order valence-corrected chi connectivity index (χ1v) is 11.4. The van der Waals surface area contributed by atoms with Crippen LogP contribution in [0.2, 0.25) is 0 Å². The van der Waals surface area contributed by atoms with Gasteiger partial charge in [-0.2, -0.15) is 0 Å². The molecule has 4 rings (SSSR count). The van der Waals surface area contributed by atoms with Gasteiger partial charge in [0.15, 0.2) is 0 Å². The van der Waals surface area contributed by atoms with Crippen molar-refractivity contribution in [2.45, 2.75) is 102 Å². The molecule has 2 saturated heterocycles. The molecule has 0 aromatic carbocycles. The van der Waals surface area contributed by atoms with Gasteiger partial charge in [0.05, 0.1) is 0 Å². The van der Waals surface area contributed by atoms with E-state index in [2.05, 4.69) is 14.9 Å². The summed E-state index contributed by atoms with van der Waals surface area (Å²) in [6.45, 7) is 4.01. The molecule has 2 bridgehead atoms. The third-order valence-electron chi connectivity index (χ3n) is 7.06. The highest BCUT2D eigenvalue weighted by Gasteiger charge is 2.49. The molecule has 1 aliphatic carbocycles. The van der Waals surface area contributed by atoms with E-state index in [-0.39, 0.29) is 18.7 Å². The normalized spacial score (nSPS) is 29.8. The maximum atomic E-state index is 13.0. The van der Waals surface area contributed by atoms with E-state index < -0.39 is 5.60 Å². The molecular weight excluding hydrogens is 366 g/mol. The summed E-state index contributed by atoms with van der Waals surface area (Å²) in [4.78, 5) is 23.7. The maximum Gasteiger partial charge on any atom is 0.316 e. The van der Waals surface area contributed by atoms with Gasteiger partial charge >= 0.3 is 6.01 Å². The van der Waals surface area contributed by atoms with Crippen LogP contribution in [-0.4, -0.2) is 50.2 Å². The average Bonchev–Trinajstić information content (AvgIpc) is 2.97. The van der Waals surface area contributed by atoms with Crippen molar-refractivity contribution >= 4 is 5.91 Å². The highest BCUT2D eigenvalue weighted by atomic mass is 16.5. The van der Waals surface area contributed by atoms with Gasteiger partial charge < -0.3 is 14.7 Å².